The van der Waals surface area contributed by atoms with E-state index in [4.69, 9.17) is 0 Å². The van der Waals surface area contributed by atoms with E-state index in [1.165, 1.54) is 11.3 Å². The van der Waals surface area contributed by atoms with Crippen LogP contribution in [0.3, 0.4) is 0 Å². The lowest BCUT2D eigenvalue weighted by molar-refractivity contribution is 0.459. The second-order valence-electron chi connectivity index (χ2n) is 4.95. The highest BCUT2D eigenvalue weighted by Crippen LogP contribution is 2.36. The number of benzene rings is 2. The topological polar surface area (TPSA) is 73.6 Å². The molecule has 2 N–H and O–H groups in total. The molecule has 2 aromatic heterocycles. The van der Waals surface area contributed by atoms with Gasteiger partial charge < -0.3 is 10.1 Å². The third-order valence-electron chi connectivity index (χ3n) is 3.46. The first kappa shape index (κ1) is 13.7. The molecule has 0 aliphatic carbocycles. The number of nitrogens with zero attached hydrogens (tertiary/aromatic N) is 3. The van der Waals surface area contributed by atoms with Crippen LogP contribution in [-0.2, 0) is 0 Å². The summed E-state index contributed by atoms with van der Waals surface area (Å²) in [7, 11) is 0. The molecule has 4 rings (SSSR count). The fourth-order valence-electron chi connectivity index (χ4n) is 2.36. The lowest BCUT2D eigenvalue weighted by atomic mass is 10.2. The van der Waals surface area contributed by atoms with Crippen LogP contribution in [0, 0.1) is 0 Å². The molecular formula is C17H12N4OS. The first-order chi connectivity index (χ1) is 11.3. The van der Waals surface area contributed by atoms with Crippen LogP contribution in [0.15, 0.2) is 70.2 Å². The highest BCUT2D eigenvalue weighted by atomic mass is 32.1. The van der Waals surface area contributed by atoms with Gasteiger partial charge in [-0.1, -0.05) is 48.5 Å². The van der Waals surface area contributed by atoms with E-state index >= 15 is 0 Å². The molecule has 0 aliphatic rings. The molecule has 0 saturated carbocycles. The van der Waals surface area contributed by atoms with E-state index in [0.29, 0.717) is 10.8 Å². The van der Waals surface area contributed by atoms with Crippen molar-refractivity contribution in [3.8, 4) is 17.1 Å². The highest BCUT2D eigenvalue weighted by molar-refractivity contribution is 7.13. The van der Waals surface area contributed by atoms with Crippen molar-refractivity contribution in [2.45, 2.75) is 0 Å². The SMILES string of the molecule is Oc1[nH]c2ccccc2c1/N=N/c1nc(-c2ccccc2)cs1. The van der Waals surface area contributed by atoms with Gasteiger partial charge in [-0.15, -0.1) is 21.6 Å². The summed E-state index contributed by atoms with van der Waals surface area (Å²) in [4.78, 5) is 7.34. The number of H-pyrrole nitrogens is 1. The average Bonchev–Trinajstić information content (AvgIpc) is 3.18. The van der Waals surface area contributed by atoms with Crippen molar-refractivity contribution in [2.75, 3.05) is 0 Å². The summed E-state index contributed by atoms with van der Waals surface area (Å²) in [6.07, 6.45) is 0. The first-order valence-electron chi connectivity index (χ1n) is 7.03. The number of aromatic nitrogens is 2. The number of aromatic hydroxyl groups is 1. The Labute approximate surface area is 136 Å². The van der Waals surface area contributed by atoms with E-state index in [0.717, 1.165) is 22.2 Å². The molecule has 0 atom stereocenters. The van der Waals surface area contributed by atoms with E-state index in [1.54, 1.807) is 0 Å². The van der Waals surface area contributed by atoms with Crippen LogP contribution in [0.1, 0.15) is 0 Å². The van der Waals surface area contributed by atoms with E-state index in [-0.39, 0.29) is 5.88 Å². The first-order valence-corrected chi connectivity index (χ1v) is 7.91. The maximum Gasteiger partial charge on any atom is 0.230 e. The molecule has 2 aromatic carbocycles. The number of hydrogen-bond acceptors (Lipinski definition) is 5. The third kappa shape index (κ3) is 2.60. The average molecular weight is 320 g/mol. The zero-order valence-corrected chi connectivity index (χ0v) is 12.8. The van der Waals surface area contributed by atoms with E-state index in [2.05, 4.69) is 20.2 Å². The lowest BCUT2D eigenvalue weighted by Crippen LogP contribution is -1.74. The Kier molecular flexibility index (Phi) is 3.36. The van der Waals surface area contributed by atoms with Gasteiger partial charge >= 0.3 is 0 Å². The molecule has 0 spiro atoms. The summed E-state index contributed by atoms with van der Waals surface area (Å²) in [6, 6.07) is 17.5. The normalized spacial score (nSPS) is 11.5. The summed E-state index contributed by atoms with van der Waals surface area (Å²) in [5.41, 5.74) is 3.16. The Bertz CT molecular complexity index is 988. The molecule has 0 amide bonds. The Balaban J connectivity index is 1.66. The second-order valence-corrected chi connectivity index (χ2v) is 5.79. The maximum atomic E-state index is 9.97. The van der Waals surface area contributed by atoms with E-state index in [9.17, 15) is 5.11 Å². The van der Waals surface area contributed by atoms with Crippen molar-refractivity contribution in [3.63, 3.8) is 0 Å². The molecule has 0 aliphatic heterocycles. The number of fused-ring (bicyclic) bond motifs is 1. The number of thiazole rings is 1. The van der Waals surface area contributed by atoms with Crippen LogP contribution in [0.25, 0.3) is 22.2 Å². The minimum absolute atomic E-state index is 0.00906. The van der Waals surface area contributed by atoms with Gasteiger partial charge in [0.1, 0.15) is 0 Å². The van der Waals surface area contributed by atoms with Gasteiger partial charge in [0.2, 0.25) is 11.0 Å². The lowest BCUT2D eigenvalue weighted by Gasteiger charge is -1.93. The van der Waals surface area contributed by atoms with Gasteiger partial charge in [0.05, 0.1) is 11.2 Å². The number of nitrogens with one attached hydrogen (secondary N) is 1. The summed E-state index contributed by atoms with van der Waals surface area (Å²) >= 11 is 1.41. The van der Waals surface area contributed by atoms with Crippen molar-refractivity contribution in [1.82, 2.24) is 9.97 Å². The van der Waals surface area contributed by atoms with Gasteiger partial charge in [-0.2, -0.15) is 0 Å². The standard InChI is InChI=1S/C17H12N4OS/c22-16-15(12-8-4-5-9-13(12)18-16)20-21-17-19-14(10-23-17)11-6-2-1-3-7-11/h1-10,18,22H/b21-20+. The summed E-state index contributed by atoms with van der Waals surface area (Å²) < 4.78 is 0. The fraction of sp³-hybridized carbons (Fsp3) is 0. The maximum absolute atomic E-state index is 9.97. The van der Waals surface area contributed by atoms with Gasteiger partial charge in [-0.25, -0.2) is 4.98 Å². The molecule has 112 valence electrons. The van der Waals surface area contributed by atoms with Gasteiger partial charge in [0.25, 0.3) is 0 Å². The molecule has 0 fully saturated rings. The summed E-state index contributed by atoms with van der Waals surface area (Å²) in [5.74, 6) is 0.00906. The van der Waals surface area contributed by atoms with Crippen molar-refractivity contribution in [1.29, 1.82) is 0 Å². The van der Waals surface area contributed by atoms with Gasteiger partial charge in [-0.05, 0) is 6.07 Å². The minimum atomic E-state index is 0.00906. The zero-order chi connectivity index (χ0) is 15.6. The van der Waals surface area contributed by atoms with Crippen LogP contribution in [0.2, 0.25) is 0 Å². The molecular weight excluding hydrogens is 308 g/mol. The van der Waals surface area contributed by atoms with Crippen molar-refractivity contribution in [3.05, 3.63) is 60.0 Å². The van der Waals surface area contributed by atoms with Crippen LogP contribution in [0.5, 0.6) is 5.88 Å². The monoisotopic (exact) mass is 320 g/mol. The Hall–Kier alpha value is -2.99. The Morgan fingerprint density at radius 1 is 0.957 bits per heavy atom. The summed E-state index contributed by atoms with van der Waals surface area (Å²) in [6.45, 7) is 0. The Morgan fingerprint density at radius 2 is 1.74 bits per heavy atom. The molecule has 23 heavy (non-hydrogen) atoms. The van der Waals surface area contributed by atoms with Crippen LogP contribution in [-0.4, -0.2) is 15.1 Å². The predicted molar refractivity (Wildman–Crippen MR) is 91.7 cm³/mol. The van der Waals surface area contributed by atoms with Gasteiger partial charge in [0.15, 0.2) is 5.69 Å². The van der Waals surface area contributed by atoms with Gasteiger partial charge in [-0.3, -0.25) is 0 Å². The minimum Gasteiger partial charge on any atom is -0.493 e. The second kappa shape index (κ2) is 5.66. The number of rotatable bonds is 3. The highest BCUT2D eigenvalue weighted by Gasteiger charge is 2.10. The molecule has 5 nitrogen and oxygen atoms in total. The molecule has 4 aromatic rings. The summed E-state index contributed by atoms with van der Waals surface area (Å²) in [5, 5.41) is 21.6. The quantitative estimate of drug-likeness (QED) is 0.495. The van der Waals surface area contributed by atoms with Gasteiger partial charge in [0, 0.05) is 16.3 Å². The van der Waals surface area contributed by atoms with Crippen LogP contribution >= 0.6 is 11.3 Å². The molecule has 6 heteroatoms. The predicted octanol–water partition coefficient (Wildman–Crippen LogP) is 5.41. The van der Waals surface area contributed by atoms with E-state index in [1.807, 2.05) is 60.0 Å². The number of aromatic amines is 1. The molecule has 2 heterocycles. The van der Waals surface area contributed by atoms with Crippen molar-refractivity contribution < 1.29 is 5.11 Å². The van der Waals surface area contributed by atoms with Crippen LogP contribution in [0.4, 0.5) is 10.8 Å². The zero-order valence-electron chi connectivity index (χ0n) is 12.0. The largest absolute Gasteiger partial charge is 0.493 e. The number of para-hydroxylation sites is 1. The van der Waals surface area contributed by atoms with Crippen molar-refractivity contribution >= 4 is 33.1 Å². The number of hydrogen-bond donors (Lipinski definition) is 2. The molecule has 0 saturated heterocycles. The molecule has 0 radical (unpaired) electrons. The fourth-order valence-corrected chi connectivity index (χ4v) is 3.00. The number of azo groups is 1. The smallest absolute Gasteiger partial charge is 0.230 e. The molecule has 0 unspecified atom stereocenters. The van der Waals surface area contributed by atoms with E-state index < -0.39 is 0 Å². The third-order valence-corrected chi connectivity index (χ3v) is 4.18. The molecule has 0 bridgehead atoms. The Morgan fingerprint density at radius 3 is 2.61 bits per heavy atom. The van der Waals surface area contributed by atoms with Crippen molar-refractivity contribution in [2.24, 2.45) is 10.2 Å². The van der Waals surface area contributed by atoms with Crippen LogP contribution < -0.4 is 0 Å².